The molecule has 1 unspecified atom stereocenters. The quantitative estimate of drug-likeness (QED) is 0.599. The molecule has 30 heavy (non-hydrogen) atoms. The monoisotopic (exact) mass is 403 g/mol. The van der Waals surface area contributed by atoms with E-state index in [1.54, 1.807) is 0 Å². The first-order valence-corrected chi connectivity index (χ1v) is 10.4. The third-order valence-corrected chi connectivity index (χ3v) is 4.97. The first-order chi connectivity index (χ1) is 14.6. The minimum Gasteiger partial charge on any atom is -0.384 e. The largest absolute Gasteiger partial charge is 0.384 e. The third-order valence-electron chi connectivity index (χ3n) is 4.97. The number of hydrogen-bond acceptors (Lipinski definition) is 5. The molecule has 4 rings (SSSR count). The molecular weight excluding hydrogens is 374 g/mol. The Morgan fingerprint density at radius 2 is 1.73 bits per heavy atom. The highest BCUT2D eigenvalue weighted by Crippen LogP contribution is 2.21. The summed E-state index contributed by atoms with van der Waals surface area (Å²) in [5.74, 6) is 0.331. The molecule has 0 radical (unpaired) electrons. The lowest BCUT2D eigenvalue weighted by Crippen LogP contribution is -2.39. The van der Waals surface area contributed by atoms with Gasteiger partial charge in [-0.05, 0) is 49.4 Å². The summed E-state index contributed by atoms with van der Waals surface area (Å²) in [7, 11) is 0. The van der Waals surface area contributed by atoms with Crippen molar-refractivity contribution in [1.82, 2.24) is 15.3 Å². The Balaban J connectivity index is 0.00000124. The Hall–Kier alpha value is -3.41. The number of anilines is 3. The van der Waals surface area contributed by atoms with Gasteiger partial charge in [0, 0.05) is 17.8 Å². The molecule has 0 bridgehead atoms. The van der Waals surface area contributed by atoms with E-state index in [1.165, 1.54) is 17.2 Å². The smallest absolute Gasteiger partial charge is 0.270 e. The van der Waals surface area contributed by atoms with Crippen molar-refractivity contribution < 1.29 is 4.79 Å². The zero-order chi connectivity index (χ0) is 21.5. The van der Waals surface area contributed by atoms with Crippen LogP contribution in [0.3, 0.4) is 0 Å². The van der Waals surface area contributed by atoms with E-state index in [4.69, 9.17) is 5.73 Å². The molecule has 2 aromatic carbocycles. The normalized spacial score (nSPS) is 14.7. The van der Waals surface area contributed by atoms with Crippen LogP contribution in [-0.2, 0) is 12.8 Å². The summed E-state index contributed by atoms with van der Waals surface area (Å²) in [6.07, 6.45) is 2.71. The fourth-order valence-corrected chi connectivity index (χ4v) is 3.48. The maximum Gasteiger partial charge on any atom is 0.270 e. The summed E-state index contributed by atoms with van der Waals surface area (Å²) in [6.45, 7) is 6.02. The van der Waals surface area contributed by atoms with Crippen LogP contribution in [0.15, 0.2) is 54.6 Å². The summed E-state index contributed by atoms with van der Waals surface area (Å²) in [5, 5.41) is 6.19. The molecule has 0 fully saturated rings. The molecule has 1 atom stereocenters. The summed E-state index contributed by atoms with van der Waals surface area (Å²) in [6, 6.07) is 17.8. The van der Waals surface area contributed by atoms with Crippen molar-refractivity contribution in [3.8, 4) is 0 Å². The number of nitrogens with one attached hydrogen (secondary N) is 2. The number of carbonyl (C=O) groups is 1. The summed E-state index contributed by atoms with van der Waals surface area (Å²) < 4.78 is 0. The molecule has 1 aromatic heterocycles. The predicted molar refractivity (Wildman–Crippen MR) is 122 cm³/mol. The van der Waals surface area contributed by atoms with Gasteiger partial charge in [-0.1, -0.05) is 55.8 Å². The van der Waals surface area contributed by atoms with Gasteiger partial charge in [0.1, 0.15) is 11.5 Å². The van der Waals surface area contributed by atoms with Crippen LogP contribution in [0.5, 0.6) is 0 Å². The van der Waals surface area contributed by atoms with E-state index in [1.807, 2.05) is 51.1 Å². The molecule has 3 aromatic rings. The molecule has 1 amide bonds. The number of rotatable bonds is 4. The highest BCUT2D eigenvalue weighted by Gasteiger charge is 2.21. The number of hydrogen-bond donors (Lipinski definition) is 3. The van der Waals surface area contributed by atoms with Crippen LogP contribution in [-0.4, -0.2) is 21.9 Å². The Labute approximate surface area is 178 Å². The third kappa shape index (κ3) is 5.35. The molecule has 6 nitrogen and oxygen atoms in total. The number of nitrogens with zero attached hydrogens (tertiary/aromatic N) is 2. The standard InChI is InChI=1S/C22H23N5O.C2H6/c1-14-6-9-17(10-7-14)25-22-26-19(13-20(23)27-22)21(28)24-18-11-8-15-4-2-3-5-16(15)12-18;1-2/h2-7,9-10,13,18H,8,11-12H2,1H3,(H,24,28)(H3,23,25,26,27);1-2H3. The molecule has 1 aliphatic rings. The first kappa shape index (κ1) is 21.3. The Bertz CT molecular complexity index is 1000. The van der Waals surface area contributed by atoms with Crippen molar-refractivity contribution in [3.63, 3.8) is 0 Å². The van der Waals surface area contributed by atoms with E-state index in [-0.39, 0.29) is 23.5 Å². The van der Waals surface area contributed by atoms with Gasteiger partial charge >= 0.3 is 0 Å². The van der Waals surface area contributed by atoms with E-state index >= 15 is 0 Å². The zero-order valence-corrected chi connectivity index (χ0v) is 17.8. The topological polar surface area (TPSA) is 92.9 Å². The van der Waals surface area contributed by atoms with Crippen LogP contribution in [0, 0.1) is 6.92 Å². The molecule has 6 heteroatoms. The summed E-state index contributed by atoms with van der Waals surface area (Å²) in [4.78, 5) is 21.3. The lowest BCUT2D eigenvalue weighted by Gasteiger charge is -2.25. The number of aryl methyl sites for hydroxylation is 2. The Kier molecular flexibility index (Phi) is 7.01. The fourth-order valence-electron chi connectivity index (χ4n) is 3.48. The van der Waals surface area contributed by atoms with Gasteiger partial charge in [-0.25, -0.2) is 4.98 Å². The maximum atomic E-state index is 12.7. The van der Waals surface area contributed by atoms with Gasteiger partial charge in [-0.15, -0.1) is 0 Å². The fraction of sp³-hybridized carbons (Fsp3) is 0.292. The molecule has 0 spiro atoms. The first-order valence-electron chi connectivity index (χ1n) is 10.4. The highest BCUT2D eigenvalue weighted by molar-refractivity contribution is 5.93. The molecule has 4 N–H and O–H groups in total. The number of aromatic nitrogens is 2. The van der Waals surface area contributed by atoms with Gasteiger partial charge in [-0.3, -0.25) is 4.79 Å². The SMILES string of the molecule is CC.Cc1ccc(Nc2nc(N)cc(C(=O)NC3CCc4ccccc4C3)n2)cc1. The number of amides is 1. The van der Waals surface area contributed by atoms with Crippen molar-refractivity contribution in [2.45, 2.75) is 46.1 Å². The van der Waals surface area contributed by atoms with Crippen LogP contribution in [0.25, 0.3) is 0 Å². The van der Waals surface area contributed by atoms with E-state index in [0.29, 0.717) is 5.95 Å². The van der Waals surface area contributed by atoms with Gasteiger partial charge in [0.05, 0.1) is 0 Å². The van der Waals surface area contributed by atoms with Crippen LogP contribution < -0.4 is 16.4 Å². The average molecular weight is 404 g/mol. The summed E-state index contributed by atoms with van der Waals surface area (Å²) >= 11 is 0. The lowest BCUT2D eigenvalue weighted by molar-refractivity contribution is 0.0928. The summed E-state index contributed by atoms with van der Waals surface area (Å²) in [5.41, 5.74) is 10.8. The van der Waals surface area contributed by atoms with E-state index in [9.17, 15) is 4.79 Å². The van der Waals surface area contributed by atoms with Crippen LogP contribution >= 0.6 is 0 Å². The molecule has 0 saturated carbocycles. The minimum atomic E-state index is -0.231. The van der Waals surface area contributed by atoms with E-state index < -0.39 is 0 Å². The molecule has 0 aliphatic heterocycles. The predicted octanol–water partition coefficient (Wildman–Crippen LogP) is 4.42. The van der Waals surface area contributed by atoms with Gasteiger partial charge in [0.2, 0.25) is 5.95 Å². The van der Waals surface area contributed by atoms with E-state index in [2.05, 4.69) is 38.8 Å². The molecule has 1 heterocycles. The lowest BCUT2D eigenvalue weighted by atomic mass is 9.88. The number of fused-ring (bicyclic) bond motifs is 1. The highest BCUT2D eigenvalue weighted by atomic mass is 16.1. The van der Waals surface area contributed by atoms with Gasteiger partial charge in [0.15, 0.2) is 0 Å². The zero-order valence-electron chi connectivity index (χ0n) is 17.8. The van der Waals surface area contributed by atoms with Crippen molar-refractivity contribution in [1.29, 1.82) is 0 Å². The second-order valence-electron chi connectivity index (χ2n) is 7.17. The number of nitrogen functional groups attached to an aromatic ring is 1. The Morgan fingerprint density at radius 1 is 1.03 bits per heavy atom. The van der Waals surface area contributed by atoms with Crippen molar-refractivity contribution >= 4 is 23.4 Å². The molecule has 1 aliphatic carbocycles. The number of carbonyl (C=O) groups excluding carboxylic acids is 1. The van der Waals surface area contributed by atoms with E-state index in [0.717, 1.165) is 30.5 Å². The van der Waals surface area contributed by atoms with Crippen molar-refractivity contribution in [2.24, 2.45) is 0 Å². The number of nitrogens with two attached hydrogens (primary N) is 1. The van der Waals surface area contributed by atoms with Crippen molar-refractivity contribution in [2.75, 3.05) is 11.1 Å². The van der Waals surface area contributed by atoms with Gasteiger partial charge < -0.3 is 16.4 Å². The minimum absolute atomic E-state index is 0.0899. The molecular formula is C24H29N5O. The second-order valence-corrected chi connectivity index (χ2v) is 7.17. The maximum absolute atomic E-state index is 12.7. The molecule has 0 saturated heterocycles. The number of benzene rings is 2. The van der Waals surface area contributed by atoms with Gasteiger partial charge in [-0.2, -0.15) is 4.98 Å². The van der Waals surface area contributed by atoms with Crippen LogP contribution in [0.1, 0.15) is 47.4 Å². The van der Waals surface area contributed by atoms with Crippen LogP contribution in [0.2, 0.25) is 0 Å². The Morgan fingerprint density at radius 3 is 2.47 bits per heavy atom. The molecule has 156 valence electrons. The van der Waals surface area contributed by atoms with Gasteiger partial charge in [0.25, 0.3) is 5.91 Å². The second kappa shape index (κ2) is 9.87. The van der Waals surface area contributed by atoms with Crippen molar-refractivity contribution in [3.05, 3.63) is 77.0 Å². The average Bonchev–Trinajstić information content (AvgIpc) is 2.76. The van der Waals surface area contributed by atoms with Crippen LogP contribution in [0.4, 0.5) is 17.5 Å².